The lowest BCUT2D eigenvalue weighted by molar-refractivity contribution is -0.172. The first kappa shape index (κ1) is 23.4. The van der Waals surface area contributed by atoms with Crippen LogP contribution in [0.2, 0.25) is 0 Å². The fourth-order valence-corrected chi connectivity index (χ4v) is 4.69. The van der Waals surface area contributed by atoms with E-state index in [9.17, 15) is 24.7 Å². The average Bonchev–Trinajstić information content (AvgIpc) is 3.17. The summed E-state index contributed by atoms with van der Waals surface area (Å²) in [7, 11) is -1.64. The fourth-order valence-electron chi connectivity index (χ4n) is 4.69. The molecule has 0 unspecified atom stereocenters. The second-order valence-electron chi connectivity index (χ2n) is 10.0. The third kappa shape index (κ3) is 3.60. The topological polar surface area (TPSA) is 134 Å². The number of benzene rings is 1. The number of nitrogens with zero attached hydrogens (tertiary/aromatic N) is 3. The average molecular weight is 475 g/mol. The Bertz CT molecular complexity index is 1490. The molecule has 0 radical (unpaired) electrons. The molecule has 180 valence electrons. The number of aromatic nitrogens is 2. The molecule has 0 fully saturated rings. The van der Waals surface area contributed by atoms with Crippen LogP contribution >= 0.6 is 0 Å². The molecule has 0 aliphatic carbocycles. The molecule has 0 saturated carbocycles. The van der Waals surface area contributed by atoms with E-state index >= 15 is 0 Å². The summed E-state index contributed by atoms with van der Waals surface area (Å²) in [5, 5.41) is 31.2. The van der Waals surface area contributed by atoms with Gasteiger partial charge in [0.1, 0.15) is 6.61 Å². The van der Waals surface area contributed by atoms with Gasteiger partial charge in [-0.2, -0.15) is 0 Å². The highest BCUT2D eigenvalue weighted by atomic mass is 16.6. The number of aliphatic imine (C=N–C) groups is 1. The van der Waals surface area contributed by atoms with Crippen molar-refractivity contribution >= 4 is 35.7 Å². The Hall–Kier alpha value is -3.34. The number of esters is 1. The molecule has 0 amide bonds. The highest BCUT2D eigenvalue weighted by Gasteiger charge is 2.45. The fraction of sp³-hybridized carbons (Fsp3) is 0.360. The molecule has 0 spiro atoms. The van der Waals surface area contributed by atoms with Gasteiger partial charge in [0, 0.05) is 28.3 Å². The maximum atomic E-state index is 13.5. The lowest BCUT2D eigenvalue weighted by Crippen LogP contribution is -2.44. The maximum Gasteiger partial charge on any atom is 0.488 e. The Morgan fingerprint density at radius 1 is 1.23 bits per heavy atom. The van der Waals surface area contributed by atoms with Gasteiger partial charge in [-0.05, 0) is 44.8 Å². The number of carbonyl (C=O) groups excluding carboxylic acids is 1. The molecule has 2 aliphatic rings. The molecular formula is C25H26BN3O6. The SMILES string of the molecule is CC[C@@]1(O)C(=O)OCc2c1cc1n(c2=O)Cc2c-1nc1ccc(B(O)O)cc1c2C=NC(C)(C)C. The molecule has 1 aromatic carbocycles. The van der Waals surface area contributed by atoms with Gasteiger partial charge in [-0.1, -0.05) is 19.1 Å². The number of fused-ring (bicyclic) bond motifs is 5. The molecule has 10 heteroatoms. The van der Waals surface area contributed by atoms with E-state index in [2.05, 4.69) is 4.99 Å². The van der Waals surface area contributed by atoms with Crippen LogP contribution in [-0.4, -0.2) is 49.5 Å². The Morgan fingerprint density at radius 2 is 1.97 bits per heavy atom. The quantitative estimate of drug-likeness (QED) is 0.228. The highest BCUT2D eigenvalue weighted by Crippen LogP contribution is 2.39. The maximum absolute atomic E-state index is 13.5. The number of cyclic esters (lactones) is 1. The molecule has 3 aromatic rings. The van der Waals surface area contributed by atoms with E-state index in [-0.39, 0.29) is 41.8 Å². The van der Waals surface area contributed by atoms with E-state index in [1.807, 2.05) is 20.8 Å². The van der Waals surface area contributed by atoms with Gasteiger partial charge in [-0.25, -0.2) is 9.78 Å². The number of ether oxygens (including phenoxy) is 1. The van der Waals surface area contributed by atoms with E-state index in [0.717, 1.165) is 11.1 Å². The van der Waals surface area contributed by atoms with Crippen LogP contribution in [0, 0.1) is 0 Å². The van der Waals surface area contributed by atoms with Gasteiger partial charge in [0.25, 0.3) is 5.56 Å². The zero-order chi connectivity index (χ0) is 25.3. The number of aliphatic hydroxyl groups is 1. The van der Waals surface area contributed by atoms with E-state index < -0.39 is 18.7 Å². The molecule has 35 heavy (non-hydrogen) atoms. The minimum absolute atomic E-state index is 0.0650. The monoisotopic (exact) mass is 475 g/mol. The van der Waals surface area contributed by atoms with Gasteiger partial charge >= 0.3 is 13.1 Å². The largest absolute Gasteiger partial charge is 0.488 e. The van der Waals surface area contributed by atoms with E-state index in [1.165, 1.54) is 0 Å². The summed E-state index contributed by atoms with van der Waals surface area (Å²) in [6, 6.07) is 6.60. The molecular weight excluding hydrogens is 449 g/mol. The van der Waals surface area contributed by atoms with Gasteiger partial charge < -0.3 is 24.5 Å². The molecule has 0 bridgehead atoms. The molecule has 2 aromatic heterocycles. The first-order valence-corrected chi connectivity index (χ1v) is 11.5. The predicted molar refractivity (Wildman–Crippen MR) is 132 cm³/mol. The van der Waals surface area contributed by atoms with E-state index in [1.54, 1.807) is 42.0 Å². The first-order chi connectivity index (χ1) is 16.4. The predicted octanol–water partition coefficient (Wildman–Crippen LogP) is 0.977. The third-order valence-electron chi connectivity index (χ3n) is 6.63. The smallest absolute Gasteiger partial charge is 0.458 e. The summed E-state index contributed by atoms with van der Waals surface area (Å²) in [5.74, 6) is -0.769. The van der Waals surface area contributed by atoms with Crippen molar-refractivity contribution in [3.63, 3.8) is 0 Å². The third-order valence-corrected chi connectivity index (χ3v) is 6.63. The molecule has 3 N–H and O–H groups in total. The van der Waals surface area contributed by atoms with Crippen molar-refractivity contribution in [1.29, 1.82) is 0 Å². The van der Waals surface area contributed by atoms with Gasteiger partial charge in [0.2, 0.25) is 0 Å². The number of pyridine rings is 2. The Labute approximate surface area is 201 Å². The normalized spacial score (nSPS) is 19.0. The zero-order valence-electron chi connectivity index (χ0n) is 20.0. The second kappa shape index (κ2) is 7.84. The number of hydrogen-bond donors (Lipinski definition) is 3. The van der Waals surface area contributed by atoms with Crippen molar-refractivity contribution in [2.45, 2.75) is 58.4 Å². The van der Waals surface area contributed by atoms with Crippen LogP contribution < -0.4 is 11.0 Å². The molecule has 5 rings (SSSR count). The second-order valence-corrected chi connectivity index (χ2v) is 10.0. The van der Waals surface area contributed by atoms with Gasteiger partial charge in [0.15, 0.2) is 5.60 Å². The minimum Gasteiger partial charge on any atom is -0.458 e. The Morgan fingerprint density at radius 3 is 2.63 bits per heavy atom. The van der Waals surface area contributed by atoms with Crippen LogP contribution in [0.5, 0.6) is 0 Å². The summed E-state index contributed by atoms with van der Waals surface area (Å²) in [5.41, 5.74) is 1.34. The van der Waals surface area contributed by atoms with Crippen LogP contribution in [0.25, 0.3) is 22.3 Å². The van der Waals surface area contributed by atoms with Crippen molar-refractivity contribution in [3.8, 4) is 11.4 Å². The number of rotatable bonds is 3. The number of carbonyl (C=O) groups is 1. The van der Waals surface area contributed by atoms with Crippen molar-refractivity contribution in [2.24, 2.45) is 4.99 Å². The van der Waals surface area contributed by atoms with E-state index in [4.69, 9.17) is 9.72 Å². The summed E-state index contributed by atoms with van der Waals surface area (Å²) >= 11 is 0. The highest BCUT2D eigenvalue weighted by molar-refractivity contribution is 6.59. The Balaban J connectivity index is 1.82. The summed E-state index contributed by atoms with van der Waals surface area (Å²) < 4.78 is 6.71. The first-order valence-electron chi connectivity index (χ1n) is 11.5. The number of hydrogen-bond acceptors (Lipinski definition) is 8. The lowest BCUT2D eigenvalue weighted by Gasteiger charge is -2.31. The van der Waals surface area contributed by atoms with Gasteiger partial charge in [-0.15, -0.1) is 0 Å². The molecule has 1 atom stereocenters. The van der Waals surface area contributed by atoms with Crippen LogP contribution in [0.15, 0.2) is 34.1 Å². The van der Waals surface area contributed by atoms with Gasteiger partial charge in [0.05, 0.1) is 34.6 Å². The molecule has 0 saturated heterocycles. The summed E-state index contributed by atoms with van der Waals surface area (Å²) in [6.45, 7) is 7.58. The molecule has 9 nitrogen and oxygen atoms in total. The molecule has 2 aliphatic heterocycles. The van der Waals surface area contributed by atoms with Crippen molar-refractivity contribution in [3.05, 3.63) is 56.9 Å². The van der Waals surface area contributed by atoms with Crippen LogP contribution in [0.3, 0.4) is 0 Å². The summed E-state index contributed by atoms with van der Waals surface area (Å²) in [6.07, 6.45) is 1.80. The zero-order valence-corrected chi connectivity index (χ0v) is 20.0. The van der Waals surface area contributed by atoms with Crippen molar-refractivity contribution in [2.75, 3.05) is 0 Å². The Kier molecular flexibility index (Phi) is 5.24. The van der Waals surface area contributed by atoms with Crippen LogP contribution in [0.1, 0.15) is 56.4 Å². The van der Waals surface area contributed by atoms with Gasteiger partial charge in [-0.3, -0.25) is 9.79 Å². The van der Waals surface area contributed by atoms with Crippen molar-refractivity contribution < 1.29 is 24.7 Å². The van der Waals surface area contributed by atoms with E-state index in [0.29, 0.717) is 27.8 Å². The standard InChI is InChI=1S/C25H26BN3O6/c1-5-25(32)18-9-20-21-16(11-29(20)22(30)17(18)12-35-23(25)31)15(10-27-24(2,3)4)14-8-13(26(33)34)6-7-19(14)28-21/h6-10,32-34H,5,11-12H2,1-4H3/t25-/m0/s1. The van der Waals surface area contributed by atoms with Crippen LogP contribution in [-0.2, 0) is 28.3 Å². The summed E-state index contributed by atoms with van der Waals surface area (Å²) in [4.78, 5) is 35.4. The molecule has 4 heterocycles. The van der Waals surface area contributed by atoms with Crippen LogP contribution in [0.4, 0.5) is 0 Å². The van der Waals surface area contributed by atoms with Crippen molar-refractivity contribution in [1.82, 2.24) is 9.55 Å². The minimum atomic E-state index is -1.90. The lowest BCUT2D eigenvalue weighted by atomic mass is 9.79.